The molecule has 1 aliphatic heterocycles. The van der Waals surface area contributed by atoms with Gasteiger partial charge in [0.2, 0.25) is 5.89 Å². The van der Waals surface area contributed by atoms with Gasteiger partial charge in [0.05, 0.1) is 11.2 Å². The highest BCUT2D eigenvalue weighted by Gasteiger charge is 2.29. The van der Waals surface area contributed by atoms with Gasteiger partial charge in [-0.1, -0.05) is 19.0 Å². The fourth-order valence-electron chi connectivity index (χ4n) is 2.21. The van der Waals surface area contributed by atoms with Crippen LogP contribution >= 0.6 is 11.8 Å². The highest BCUT2D eigenvalue weighted by atomic mass is 32.2. The van der Waals surface area contributed by atoms with E-state index in [0.29, 0.717) is 11.1 Å². The average Bonchev–Trinajstić information content (AvgIpc) is 2.83. The molecule has 1 fully saturated rings. The Kier molecular flexibility index (Phi) is 3.86. The summed E-state index contributed by atoms with van der Waals surface area (Å²) in [7, 11) is 0. The monoisotopic (exact) mass is 254 g/mol. The van der Waals surface area contributed by atoms with Gasteiger partial charge in [-0.25, -0.2) is 0 Å². The predicted molar refractivity (Wildman–Crippen MR) is 67.0 cm³/mol. The molecule has 1 saturated heterocycles. The van der Waals surface area contributed by atoms with Gasteiger partial charge in [-0.2, -0.15) is 16.7 Å². The standard InChI is InChI=1S/C12H18N2O2S/c1-7(2)10(8(3)15)12-13-11(14-16-12)9-5-4-6-17-9/h7,9-10H,4-6H2,1-3H3. The maximum absolute atomic E-state index is 11.6. The van der Waals surface area contributed by atoms with Crippen molar-refractivity contribution in [2.45, 2.75) is 44.8 Å². The number of carbonyl (C=O) groups excluding carboxylic acids is 1. The second kappa shape index (κ2) is 5.21. The van der Waals surface area contributed by atoms with E-state index in [-0.39, 0.29) is 17.6 Å². The van der Waals surface area contributed by atoms with Gasteiger partial charge >= 0.3 is 0 Å². The highest BCUT2D eigenvalue weighted by molar-refractivity contribution is 7.99. The molecule has 0 saturated carbocycles. The molecular weight excluding hydrogens is 236 g/mol. The molecule has 2 atom stereocenters. The number of rotatable bonds is 4. The van der Waals surface area contributed by atoms with Crippen molar-refractivity contribution in [2.24, 2.45) is 5.92 Å². The van der Waals surface area contributed by atoms with Crippen molar-refractivity contribution in [1.29, 1.82) is 0 Å². The van der Waals surface area contributed by atoms with Crippen LogP contribution in [0, 0.1) is 5.92 Å². The number of hydrogen-bond donors (Lipinski definition) is 0. The molecule has 17 heavy (non-hydrogen) atoms. The maximum atomic E-state index is 11.6. The van der Waals surface area contributed by atoms with Crippen LogP contribution in [-0.2, 0) is 4.79 Å². The number of thioether (sulfide) groups is 1. The van der Waals surface area contributed by atoms with E-state index in [1.54, 1.807) is 6.92 Å². The summed E-state index contributed by atoms with van der Waals surface area (Å²) in [6.07, 6.45) is 2.32. The molecular formula is C12H18N2O2S. The SMILES string of the molecule is CC(=O)C(c1nc(C2CCCS2)no1)C(C)C. The molecule has 0 spiro atoms. The zero-order chi connectivity index (χ0) is 12.4. The van der Waals surface area contributed by atoms with Crippen LogP contribution in [0.25, 0.3) is 0 Å². The molecule has 0 aromatic carbocycles. The minimum Gasteiger partial charge on any atom is -0.339 e. The fraction of sp³-hybridized carbons (Fsp3) is 0.750. The Hall–Kier alpha value is -0.840. The van der Waals surface area contributed by atoms with E-state index < -0.39 is 0 Å². The Balaban J connectivity index is 2.18. The van der Waals surface area contributed by atoms with Gasteiger partial charge in [-0.05, 0) is 31.4 Å². The Morgan fingerprint density at radius 3 is 2.82 bits per heavy atom. The number of carbonyl (C=O) groups is 1. The summed E-state index contributed by atoms with van der Waals surface area (Å²) in [6.45, 7) is 5.58. The summed E-state index contributed by atoms with van der Waals surface area (Å²) >= 11 is 1.87. The zero-order valence-corrected chi connectivity index (χ0v) is 11.3. The largest absolute Gasteiger partial charge is 0.339 e. The summed E-state index contributed by atoms with van der Waals surface area (Å²) < 4.78 is 5.27. The summed E-state index contributed by atoms with van der Waals surface area (Å²) in [6, 6.07) is 0. The number of nitrogens with zero attached hydrogens (tertiary/aromatic N) is 2. The topological polar surface area (TPSA) is 56.0 Å². The summed E-state index contributed by atoms with van der Waals surface area (Å²) in [5.41, 5.74) is 0. The first-order chi connectivity index (χ1) is 8.09. The van der Waals surface area contributed by atoms with E-state index in [2.05, 4.69) is 10.1 Å². The quantitative estimate of drug-likeness (QED) is 0.826. The third-order valence-electron chi connectivity index (χ3n) is 3.05. The van der Waals surface area contributed by atoms with Crippen molar-refractivity contribution in [3.05, 3.63) is 11.7 Å². The molecule has 0 aliphatic carbocycles. The molecule has 2 heterocycles. The van der Waals surface area contributed by atoms with Crippen LogP contribution in [0.15, 0.2) is 4.52 Å². The first kappa shape index (κ1) is 12.6. The Bertz CT molecular complexity index is 397. The van der Waals surface area contributed by atoms with E-state index >= 15 is 0 Å². The molecule has 2 rings (SSSR count). The number of Topliss-reactive ketones (excluding diaryl/α,β-unsaturated/α-hetero) is 1. The number of ketones is 1. The molecule has 1 aliphatic rings. The van der Waals surface area contributed by atoms with Gasteiger partial charge in [-0.3, -0.25) is 4.79 Å². The first-order valence-corrected chi connectivity index (χ1v) is 7.10. The van der Waals surface area contributed by atoms with Gasteiger partial charge in [-0.15, -0.1) is 0 Å². The van der Waals surface area contributed by atoms with Crippen molar-refractivity contribution < 1.29 is 9.32 Å². The van der Waals surface area contributed by atoms with Gasteiger partial charge in [0.25, 0.3) is 0 Å². The number of aromatic nitrogens is 2. The second-order valence-electron chi connectivity index (χ2n) is 4.82. The van der Waals surface area contributed by atoms with Crippen LogP contribution in [-0.4, -0.2) is 21.7 Å². The van der Waals surface area contributed by atoms with Crippen molar-refractivity contribution in [1.82, 2.24) is 10.1 Å². The lowest BCUT2D eigenvalue weighted by Gasteiger charge is -2.12. The van der Waals surface area contributed by atoms with Crippen LogP contribution in [0.1, 0.15) is 56.5 Å². The molecule has 0 N–H and O–H groups in total. The molecule has 94 valence electrons. The van der Waals surface area contributed by atoms with Crippen LogP contribution in [0.4, 0.5) is 0 Å². The van der Waals surface area contributed by atoms with E-state index in [9.17, 15) is 4.79 Å². The van der Waals surface area contributed by atoms with E-state index in [1.807, 2.05) is 25.6 Å². The Labute approximate surface area is 106 Å². The van der Waals surface area contributed by atoms with Crippen molar-refractivity contribution >= 4 is 17.5 Å². The Morgan fingerprint density at radius 1 is 1.53 bits per heavy atom. The van der Waals surface area contributed by atoms with E-state index in [0.717, 1.165) is 18.0 Å². The third-order valence-corrected chi connectivity index (χ3v) is 4.42. The van der Waals surface area contributed by atoms with Crippen molar-refractivity contribution in [3.63, 3.8) is 0 Å². The smallest absolute Gasteiger partial charge is 0.237 e. The zero-order valence-electron chi connectivity index (χ0n) is 10.5. The lowest BCUT2D eigenvalue weighted by molar-refractivity contribution is -0.119. The lowest BCUT2D eigenvalue weighted by Crippen LogP contribution is -2.15. The molecule has 2 unspecified atom stereocenters. The van der Waals surface area contributed by atoms with Crippen molar-refractivity contribution in [3.8, 4) is 0 Å². The van der Waals surface area contributed by atoms with Gasteiger partial charge < -0.3 is 4.52 Å². The molecule has 5 heteroatoms. The fourth-order valence-corrected chi connectivity index (χ4v) is 3.41. The van der Waals surface area contributed by atoms with Crippen molar-refractivity contribution in [2.75, 3.05) is 5.75 Å². The first-order valence-electron chi connectivity index (χ1n) is 6.05. The highest BCUT2D eigenvalue weighted by Crippen LogP contribution is 2.39. The molecule has 1 aromatic rings. The van der Waals surface area contributed by atoms with Gasteiger partial charge in [0, 0.05) is 0 Å². The van der Waals surface area contributed by atoms with E-state index in [4.69, 9.17) is 4.52 Å². The molecule has 1 aromatic heterocycles. The minimum atomic E-state index is -0.261. The lowest BCUT2D eigenvalue weighted by atomic mass is 9.92. The van der Waals surface area contributed by atoms with Crippen LogP contribution in [0.3, 0.4) is 0 Å². The summed E-state index contributed by atoms with van der Waals surface area (Å²) in [5, 5.41) is 4.38. The normalized spacial score (nSPS) is 22.0. The van der Waals surface area contributed by atoms with Crippen LogP contribution in [0.5, 0.6) is 0 Å². The Morgan fingerprint density at radius 2 is 2.29 bits per heavy atom. The second-order valence-corrected chi connectivity index (χ2v) is 6.14. The minimum absolute atomic E-state index is 0.0919. The van der Waals surface area contributed by atoms with Crippen LogP contribution in [0.2, 0.25) is 0 Å². The third kappa shape index (κ3) is 2.70. The molecule has 4 nitrogen and oxygen atoms in total. The molecule has 0 radical (unpaired) electrons. The van der Waals surface area contributed by atoms with Gasteiger partial charge in [0.15, 0.2) is 5.82 Å². The summed E-state index contributed by atoms with van der Waals surface area (Å²) in [5.74, 6) is 2.42. The summed E-state index contributed by atoms with van der Waals surface area (Å²) in [4.78, 5) is 16.0. The maximum Gasteiger partial charge on any atom is 0.237 e. The molecule has 0 bridgehead atoms. The molecule has 0 amide bonds. The van der Waals surface area contributed by atoms with Gasteiger partial charge in [0.1, 0.15) is 5.78 Å². The van der Waals surface area contributed by atoms with Crippen LogP contribution < -0.4 is 0 Å². The number of hydrogen-bond acceptors (Lipinski definition) is 5. The average molecular weight is 254 g/mol. The van der Waals surface area contributed by atoms with E-state index in [1.165, 1.54) is 6.42 Å². The predicted octanol–water partition coefficient (Wildman–Crippen LogP) is 2.97.